The lowest BCUT2D eigenvalue weighted by molar-refractivity contribution is -0.129. The van der Waals surface area contributed by atoms with Gasteiger partial charge in [-0.2, -0.15) is 0 Å². The molecule has 0 aromatic heterocycles. The van der Waals surface area contributed by atoms with Crippen molar-refractivity contribution in [3.63, 3.8) is 0 Å². The highest BCUT2D eigenvalue weighted by atomic mass is 16.4. The van der Waals surface area contributed by atoms with E-state index in [0.717, 1.165) is 25.7 Å². The van der Waals surface area contributed by atoms with E-state index >= 15 is 0 Å². The van der Waals surface area contributed by atoms with Crippen LogP contribution in [-0.4, -0.2) is 34.5 Å². The van der Waals surface area contributed by atoms with Crippen LogP contribution in [0.2, 0.25) is 0 Å². The Labute approximate surface area is 82.9 Å². The maximum absolute atomic E-state index is 11.6. The summed E-state index contributed by atoms with van der Waals surface area (Å²) in [7, 11) is 0. The Kier molecular flexibility index (Phi) is 2.44. The average molecular weight is 197 g/mol. The molecule has 1 amide bonds. The maximum Gasteiger partial charge on any atom is 0.407 e. The quantitative estimate of drug-likeness (QED) is 0.640. The van der Waals surface area contributed by atoms with E-state index in [2.05, 4.69) is 0 Å². The van der Waals surface area contributed by atoms with E-state index in [0.29, 0.717) is 18.9 Å². The van der Waals surface area contributed by atoms with Gasteiger partial charge in [0.25, 0.3) is 0 Å². The maximum atomic E-state index is 11.6. The number of nitrogens with zero attached hydrogens (tertiary/aromatic N) is 1. The molecule has 2 atom stereocenters. The fourth-order valence-electron chi connectivity index (χ4n) is 2.72. The highest BCUT2D eigenvalue weighted by molar-refractivity contribution is 5.88. The average Bonchev–Trinajstić information content (AvgIpc) is 2.17. The van der Waals surface area contributed by atoms with Crippen LogP contribution >= 0.6 is 0 Å². The van der Waals surface area contributed by atoms with E-state index in [1.165, 1.54) is 4.90 Å². The molecule has 1 heterocycles. The first-order valence-electron chi connectivity index (χ1n) is 5.22. The molecule has 4 nitrogen and oxygen atoms in total. The van der Waals surface area contributed by atoms with Gasteiger partial charge in [0.1, 0.15) is 0 Å². The molecule has 1 aliphatic heterocycles. The van der Waals surface area contributed by atoms with Crippen LogP contribution in [0.4, 0.5) is 4.79 Å². The molecule has 0 bridgehead atoms. The van der Waals surface area contributed by atoms with Crippen LogP contribution in [0, 0.1) is 5.92 Å². The van der Waals surface area contributed by atoms with Gasteiger partial charge in [-0.1, -0.05) is 0 Å². The summed E-state index contributed by atoms with van der Waals surface area (Å²) in [6.07, 6.45) is 3.49. The second kappa shape index (κ2) is 3.59. The number of fused-ring (bicyclic) bond motifs is 1. The molecule has 2 rings (SSSR count). The topological polar surface area (TPSA) is 57.6 Å². The van der Waals surface area contributed by atoms with Crippen molar-refractivity contribution in [3.05, 3.63) is 0 Å². The van der Waals surface area contributed by atoms with Crippen molar-refractivity contribution < 1.29 is 14.7 Å². The van der Waals surface area contributed by atoms with Crippen LogP contribution in [0.25, 0.3) is 0 Å². The summed E-state index contributed by atoms with van der Waals surface area (Å²) in [5.74, 6) is 0.421. The first kappa shape index (κ1) is 9.49. The number of piperidine rings is 1. The van der Waals surface area contributed by atoms with Crippen molar-refractivity contribution in [1.29, 1.82) is 0 Å². The molecule has 2 unspecified atom stereocenters. The highest BCUT2D eigenvalue weighted by Crippen LogP contribution is 2.33. The number of rotatable bonds is 0. The number of Topliss-reactive ketones (excluding diaryl/α,β-unsaturated/α-hetero) is 1. The Hall–Kier alpha value is -1.06. The lowest BCUT2D eigenvalue weighted by Crippen LogP contribution is -2.53. The summed E-state index contributed by atoms with van der Waals surface area (Å²) in [4.78, 5) is 23.9. The Balaban J connectivity index is 2.18. The summed E-state index contributed by atoms with van der Waals surface area (Å²) in [5.41, 5.74) is 0. The van der Waals surface area contributed by atoms with Crippen LogP contribution in [-0.2, 0) is 4.79 Å². The number of hydrogen-bond donors (Lipinski definition) is 1. The van der Waals surface area contributed by atoms with Gasteiger partial charge in [0.05, 0.1) is 6.04 Å². The first-order valence-corrected chi connectivity index (χ1v) is 5.22. The van der Waals surface area contributed by atoms with Gasteiger partial charge in [-0.3, -0.25) is 9.69 Å². The van der Waals surface area contributed by atoms with Crippen LogP contribution < -0.4 is 0 Å². The number of hydrogen-bond acceptors (Lipinski definition) is 2. The van der Waals surface area contributed by atoms with Gasteiger partial charge in [-0.15, -0.1) is 0 Å². The molecule has 4 heteroatoms. The Morgan fingerprint density at radius 3 is 2.79 bits per heavy atom. The zero-order chi connectivity index (χ0) is 10.1. The van der Waals surface area contributed by atoms with Gasteiger partial charge in [0, 0.05) is 13.0 Å². The lowest BCUT2D eigenvalue weighted by Gasteiger charge is -2.41. The molecule has 14 heavy (non-hydrogen) atoms. The van der Waals surface area contributed by atoms with E-state index in [4.69, 9.17) is 5.11 Å². The molecular weight excluding hydrogens is 182 g/mol. The number of amides is 1. The van der Waals surface area contributed by atoms with Crippen molar-refractivity contribution in [3.8, 4) is 0 Å². The summed E-state index contributed by atoms with van der Waals surface area (Å²) in [6, 6.07) is -0.324. The van der Waals surface area contributed by atoms with Gasteiger partial charge >= 0.3 is 6.09 Å². The summed E-state index contributed by atoms with van der Waals surface area (Å²) < 4.78 is 0. The Bertz CT molecular complexity index is 262. The molecule has 2 fully saturated rings. The van der Waals surface area contributed by atoms with E-state index in [1.807, 2.05) is 0 Å². The van der Waals surface area contributed by atoms with Crippen LogP contribution in [0.3, 0.4) is 0 Å². The molecule has 1 aliphatic carbocycles. The molecule has 0 radical (unpaired) electrons. The Morgan fingerprint density at radius 1 is 1.36 bits per heavy atom. The molecular formula is C10H15NO3. The third-order valence-corrected chi connectivity index (χ3v) is 3.33. The third kappa shape index (κ3) is 1.49. The molecule has 78 valence electrons. The summed E-state index contributed by atoms with van der Waals surface area (Å²) >= 11 is 0. The van der Waals surface area contributed by atoms with Crippen LogP contribution in [0.5, 0.6) is 0 Å². The third-order valence-electron chi connectivity index (χ3n) is 3.33. The Morgan fingerprint density at radius 2 is 2.07 bits per heavy atom. The smallest absolute Gasteiger partial charge is 0.407 e. The van der Waals surface area contributed by atoms with Gasteiger partial charge in [-0.05, 0) is 31.6 Å². The van der Waals surface area contributed by atoms with Gasteiger partial charge in [0.15, 0.2) is 5.78 Å². The number of ketones is 1. The SMILES string of the molecule is O=C1CCCC2CCCN(C(=O)O)C12. The number of likely N-dealkylation sites (tertiary alicyclic amines) is 1. The molecule has 0 spiro atoms. The van der Waals surface area contributed by atoms with Crippen molar-refractivity contribution >= 4 is 11.9 Å². The number of carbonyl (C=O) groups is 2. The van der Waals surface area contributed by atoms with Crippen molar-refractivity contribution in [2.24, 2.45) is 5.92 Å². The predicted molar refractivity (Wildman–Crippen MR) is 50.1 cm³/mol. The van der Waals surface area contributed by atoms with Crippen LogP contribution in [0.1, 0.15) is 32.1 Å². The largest absolute Gasteiger partial charge is 0.465 e. The lowest BCUT2D eigenvalue weighted by atomic mass is 9.78. The minimum Gasteiger partial charge on any atom is -0.465 e. The summed E-state index contributed by atoms with van der Waals surface area (Å²) in [5, 5.41) is 8.97. The minimum absolute atomic E-state index is 0.128. The van der Waals surface area contributed by atoms with E-state index in [1.54, 1.807) is 0 Å². The monoisotopic (exact) mass is 197 g/mol. The normalized spacial score (nSPS) is 32.6. The molecule has 1 saturated heterocycles. The number of carboxylic acid groups (broad SMARTS) is 1. The minimum atomic E-state index is -0.935. The summed E-state index contributed by atoms with van der Waals surface area (Å²) in [6.45, 7) is 0.530. The fourth-order valence-corrected chi connectivity index (χ4v) is 2.72. The van der Waals surface area contributed by atoms with E-state index in [9.17, 15) is 9.59 Å². The molecule has 1 saturated carbocycles. The fraction of sp³-hybridized carbons (Fsp3) is 0.800. The first-order chi connectivity index (χ1) is 6.70. The van der Waals surface area contributed by atoms with Gasteiger partial charge in [-0.25, -0.2) is 4.79 Å². The van der Waals surface area contributed by atoms with Crippen molar-refractivity contribution in [2.75, 3.05) is 6.54 Å². The van der Waals surface area contributed by atoms with Crippen molar-refractivity contribution in [2.45, 2.75) is 38.1 Å². The zero-order valence-corrected chi connectivity index (χ0v) is 8.11. The van der Waals surface area contributed by atoms with Gasteiger partial charge in [0.2, 0.25) is 0 Å². The second-order valence-corrected chi connectivity index (χ2v) is 4.18. The van der Waals surface area contributed by atoms with E-state index < -0.39 is 6.09 Å². The molecule has 0 aromatic rings. The number of carbonyl (C=O) groups excluding carboxylic acids is 1. The predicted octanol–water partition coefficient (Wildman–Crippen LogP) is 1.50. The molecule has 1 N–H and O–H groups in total. The highest BCUT2D eigenvalue weighted by Gasteiger charge is 2.40. The van der Waals surface area contributed by atoms with Crippen molar-refractivity contribution in [1.82, 2.24) is 4.90 Å². The molecule has 0 aromatic carbocycles. The zero-order valence-electron chi connectivity index (χ0n) is 8.11. The molecule has 2 aliphatic rings. The second-order valence-electron chi connectivity index (χ2n) is 4.18. The van der Waals surface area contributed by atoms with Crippen LogP contribution in [0.15, 0.2) is 0 Å². The van der Waals surface area contributed by atoms with Gasteiger partial charge < -0.3 is 5.11 Å². The standard InChI is InChI=1S/C10H15NO3/c12-8-5-1-3-7-4-2-6-11(9(7)8)10(13)14/h7,9H,1-6H2,(H,13,14). The van der Waals surface area contributed by atoms with E-state index in [-0.39, 0.29) is 11.8 Å².